The van der Waals surface area contributed by atoms with E-state index >= 15 is 0 Å². The molecule has 0 saturated carbocycles. The number of carbonyl (C=O) groups is 1. The zero-order valence-corrected chi connectivity index (χ0v) is 20.2. The summed E-state index contributed by atoms with van der Waals surface area (Å²) in [6.07, 6.45) is 2.00. The number of anilines is 1. The number of hydrogen-bond acceptors (Lipinski definition) is 7. The number of morpholine rings is 1. The first-order valence-electron chi connectivity index (χ1n) is 12.0. The second-order valence-corrected chi connectivity index (χ2v) is 9.57. The Morgan fingerprint density at radius 1 is 1.29 bits per heavy atom. The third-order valence-corrected chi connectivity index (χ3v) is 7.20. The number of ether oxygens (including phenoxy) is 2. The Morgan fingerprint density at radius 3 is 2.83 bits per heavy atom. The topological polar surface area (TPSA) is 115 Å². The quantitative estimate of drug-likeness (QED) is 0.573. The molecule has 35 heavy (non-hydrogen) atoms. The van der Waals surface area contributed by atoms with Crippen molar-refractivity contribution in [1.29, 1.82) is 0 Å². The predicted octanol–water partition coefficient (Wildman–Crippen LogP) is 2.42. The summed E-state index contributed by atoms with van der Waals surface area (Å²) >= 11 is 6.00. The second kappa shape index (κ2) is 10.6. The van der Waals surface area contributed by atoms with Gasteiger partial charge in [0.15, 0.2) is 0 Å². The molecule has 3 aliphatic heterocycles. The maximum atomic E-state index is 14.6. The van der Waals surface area contributed by atoms with Crippen molar-refractivity contribution in [3.8, 4) is 0 Å². The summed E-state index contributed by atoms with van der Waals surface area (Å²) in [5.41, 5.74) is 8.80. The van der Waals surface area contributed by atoms with Gasteiger partial charge in [0.2, 0.25) is 5.95 Å². The van der Waals surface area contributed by atoms with E-state index in [1.54, 1.807) is 11.0 Å². The number of nitrogens with two attached hydrogens (primary N) is 1. The van der Waals surface area contributed by atoms with E-state index in [1.807, 2.05) is 6.07 Å². The van der Waals surface area contributed by atoms with Crippen molar-refractivity contribution in [2.45, 2.75) is 43.9 Å². The zero-order valence-electron chi connectivity index (χ0n) is 19.4. The maximum absolute atomic E-state index is 14.6. The van der Waals surface area contributed by atoms with Crippen LogP contribution in [0.25, 0.3) is 0 Å². The SMILES string of the molecule is NC(=O)N1CCc2c(nc(NC3CCOCC3)nc2[C@H](c2ccc(Cl)c(F)c2)[C@@H]2CNCCO2)C1. The van der Waals surface area contributed by atoms with Gasteiger partial charge in [-0.1, -0.05) is 17.7 Å². The van der Waals surface area contributed by atoms with Gasteiger partial charge in [0.05, 0.1) is 41.6 Å². The van der Waals surface area contributed by atoms with Crippen molar-refractivity contribution < 1.29 is 18.7 Å². The van der Waals surface area contributed by atoms with Crippen LogP contribution in [0.1, 0.15) is 41.3 Å². The summed E-state index contributed by atoms with van der Waals surface area (Å²) in [4.78, 5) is 23.3. The highest BCUT2D eigenvalue weighted by Crippen LogP contribution is 2.36. The number of primary amides is 1. The molecule has 2 amide bonds. The Labute approximate surface area is 208 Å². The Balaban J connectivity index is 1.60. The van der Waals surface area contributed by atoms with Gasteiger partial charge in [-0.25, -0.2) is 19.2 Å². The number of aromatic nitrogens is 2. The average Bonchev–Trinajstić information content (AvgIpc) is 2.87. The van der Waals surface area contributed by atoms with Crippen LogP contribution in [-0.2, 0) is 22.4 Å². The lowest BCUT2D eigenvalue weighted by atomic mass is 9.85. The average molecular weight is 505 g/mol. The number of amides is 2. The van der Waals surface area contributed by atoms with E-state index in [4.69, 9.17) is 36.8 Å². The molecule has 4 N–H and O–H groups in total. The molecule has 4 heterocycles. The molecule has 9 nitrogen and oxygen atoms in total. The van der Waals surface area contributed by atoms with E-state index in [2.05, 4.69) is 10.6 Å². The van der Waals surface area contributed by atoms with Crippen LogP contribution in [0.2, 0.25) is 5.02 Å². The maximum Gasteiger partial charge on any atom is 0.315 e. The third-order valence-electron chi connectivity index (χ3n) is 6.89. The van der Waals surface area contributed by atoms with Crippen molar-refractivity contribution in [3.63, 3.8) is 0 Å². The van der Waals surface area contributed by atoms with Crippen molar-refractivity contribution in [2.24, 2.45) is 5.73 Å². The van der Waals surface area contributed by atoms with Crippen LogP contribution in [0.5, 0.6) is 0 Å². The van der Waals surface area contributed by atoms with Gasteiger partial charge in [0.25, 0.3) is 0 Å². The molecule has 0 bridgehead atoms. The largest absolute Gasteiger partial charge is 0.381 e. The lowest BCUT2D eigenvalue weighted by molar-refractivity contribution is 0.0177. The standard InChI is InChI=1S/C24H30ClFN6O3/c25-17-2-1-14(11-18(17)26)21(20-12-28-6-10-35-20)22-16-3-7-32(23(27)33)13-19(16)30-24(31-22)29-15-4-8-34-9-5-15/h1-2,11,15,20-21,28H,3-10,12-13H2,(H2,27,33)(H,29,30,31)/t20-,21+/m0/s1. The van der Waals surface area contributed by atoms with Crippen molar-refractivity contribution in [3.05, 3.63) is 51.6 Å². The zero-order chi connectivity index (χ0) is 24.4. The number of halogens is 2. The minimum Gasteiger partial charge on any atom is -0.381 e. The second-order valence-electron chi connectivity index (χ2n) is 9.16. The highest BCUT2D eigenvalue weighted by atomic mass is 35.5. The van der Waals surface area contributed by atoms with Gasteiger partial charge >= 0.3 is 6.03 Å². The summed E-state index contributed by atoms with van der Waals surface area (Å²) < 4.78 is 26.2. The van der Waals surface area contributed by atoms with E-state index < -0.39 is 11.8 Å². The first kappa shape index (κ1) is 24.2. The van der Waals surface area contributed by atoms with E-state index in [0.717, 1.165) is 41.9 Å². The number of nitrogens with zero attached hydrogens (tertiary/aromatic N) is 3. The van der Waals surface area contributed by atoms with E-state index in [1.165, 1.54) is 6.07 Å². The van der Waals surface area contributed by atoms with Gasteiger partial charge in [-0.15, -0.1) is 0 Å². The summed E-state index contributed by atoms with van der Waals surface area (Å²) in [6.45, 7) is 4.03. The number of benzene rings is 1. The first-order chi connectivity index (χ1) is 17.0. The van der Waals surface area contributed by atoms with Gasteiger partial charge in [-0.05, 0) is 42.5 Å². The van der Waals surface area contributed by atoms with Gasteiger partial charge in [0, 0.05) is 38.9 Å². The van der Waals surface area contributed by atoms with Crippen LogP contribution >= 0.6 is 11.6 Å². The number of hydrogen-bond donors (Lipinski definition) is 3. The molecule has 2 aromatic rings. The van der Waals surface area contributed by atoms with Crippen LogP contribution < -0.4 is 16.4 Å². The fraction of sp³-hybridized carbons (Fsp3) is 0.542. The third kappa shape index (κ3) is 5.35. The van der Waals surface area contributed by atoms with Crippen LogP contribution in [0.4, 0.5) is 15.1 Å². The lowest BCUT2D eigenvalue weighted by Gasteiger charge is -2.35. The van der Waals surface area contributed by atoms with Crippen LogP contribution in [0.15, 0.2) is 18.2 Å². The number of urea groups is 1. The molecule has 0 aliphatic carbocycles. The van der Waals surface area contributed by atoms with Crippen molar-refractivity contribution >= 4 is 23.6 Å². The Kier molecular flexibility index (Phi) is 7.33. The summed E-state index contributed by atoms with van der Waals surface area (Å²) in [6, 6.07) is 4.56. The molecule has 5 rings (SSSR count). The molecule has 2 fully saturated rings. The number of nitrogens with one attached hydrogen (secondary N) is 2. The first-order valence-corrected chi connectivity index (χ1v) is 12.4. The Bertz CT molecular complexity index is 1080. The molecular weight excluding hydrogens is 475 g/mol. The van der Waals surface area contributed by atoms with Gasteiger partial charge < -0.3 is 30.7 Å². The molecule has 1 aromatic carbocycles. The lowest BCUT2D eigenvalue weighted by Crippen LogP contribution is -2.44. The van der Waals surface area contributed by atoms with E-state index in [-0.39, 0.29) is 23.1 Å². The number of rotatable bonds is 5. The van der Waals surface area contributed by atoms with Crippen LogP contribution in [0, 0.1) is 5.82 Å². The van der Waals surface area contributed by atoms with E-state index in [9.17, 15) is 9.18 Å². The molecular formula is C24H30ClFN6O3. The van der Waals surface area contributed by atoms with Crippen molar-refractivity contribution in [2.75, 3.05) is 44.8 Å². The molecule has 0 unspecified atom stereocenters. The molecule has 0 radical (unpaired) electrons. The minimum atomic E-state index is -0.485. The number of fused-ring (bicyclic) bond motifs is 1. The normalized spacial score (nSPS) is 21.9. The van der Waals surface area contributed by atoms with Gasteiger partial charge in [-0.3, -0.25) is 0 Å². The Hall–Kier alpha value is -2.53. The summed E-state index contributed by atoms with van der Waals surface area (Å²) in [5.74, 6) is -0.344. The smallest absolute Gasteiger partial charge is 0.315 e. The summed E-state index contributed by atoms with van der Waals surface area (Å²) in [5, 5.41) is 6.90. The fourth-order valence-electron chi connectivity index (χ4n) is 5.05. The monoisotopic (exact) mass is 504 g/mol. The van der Waals surface area contributed by atoms with Gasteiger partial charge in [0.1, 0.15) is 5.82 Å². The van der Waals surface area contributed by atoms with Gasteiger partial charge in [-0.2, -0.15) is 0 Å². The molecule has 2 atom stereocenters. The molecule has 11 heteroatoms. The highest BCUT2D eigenvalue weighted by molar-refractivity contribution is 6.30. The van der Waals surface area contributed by atoms with E-state index in [0.29, 0.717) is 51.8 Å². The van der Waals surface area contributed by atoms with Crippen molar-refractivity contribution in [1.82, 2.24) is 20.2 Å². The highest BCUT2D eigenvalue weighted by Gasteiger charge is 2.35. The molecule has 2 saturated heterocycles. The molecule has 3 aliphatic rings. The van der Waals surface area contributed by atoms with Crippen LogP contribution in [0.3, 0.4) is 0 Å². The fourth-order valence-corrected chi connectivity index (χ4v) is 5.17. The summed E-state index contributed by atoms with van der Waals surface area (Å²) in [7, 11) is 0. The molecule has 0 spiro atoms. The number of carbonyl (C=O) groups excluding carboxylic acids is 1. The minimum absolute atomic E-state index is 0.0684. The Morgan fingerprint density at radius 2 is 2.11 bits per heavy atom. The molecule has 188 valence electrons. The predicted molar refractivity (Wildman–Crippen MR) is 129 cm³/mol. The molecule has 1 aromatic heterocycles. The van der Waals surface area contributed by atoms with Crippen LogP contribution in [-0.4, -0.2) is 72.5 Å².